The molecule has 6 heteroatoms. The van der Waals surface area contributed by atoms with Gasteiger partial charge in [-0.15, -0.1) is 9.90 Å². The summed E-state index contributed by atoms with van der Waals surface area (Å²) in [6, 6.07) is 3.80. The molecule has 6 nitrogen and oxygen atoms in total. The van der Waals surface area contributed by atoms with Crippen molar-refractivity contribution < 1.29 is 4.79 Å². The molecule has 0 saturated heterocycles. The van der Waals surface area contributed by atoms with Crippen LogP contribution in [-0.4, -0.2) is 26.3 Å². The fourth-order valence-corrected chi connectivity index (χ4v) is 1.52. The van der Waals surface area contributed by atoms with Gasteiger partial charge in [0.15, 0.2) is 12.1 Å². The molecule has 0 radical (unpaired) electrons. The van der Waals surface area contributed by atoms with E-state index in [1.165, 1.54) is 11.0 Å². The third-order valence-electron chi connectivity index (χ3n) is 2.33. The standard InChI is InChI=1S/C11H9N5O/c1-7-3-11(14-8(2)10(7)4-12)16-13-5-9(6-17)15-16/h3,5-6H,1-2H3. The van der Waals surface area contributed by atoms with Gasteiger partial charge in [-0.05, 0) is 25.5 Å². The first kappa shape index (κ1) is 11.0. The first-order valence-corrected chi connectivity index (χ1v) is 4.92. The van der Waals surface area contributed by atoms with E-state index in [1.54, 1.807) is 13.0 Å². The number of carbonyl (C=O) groups is 1. The lowest BCUT2D eigenvalue weighted by Crippen LogP contribution is -2.05. The summed E-state index contributed by atoms with van der Waals surface area (Å²) in [7, 11) is 0. The molecule has 0 aliphatic heterocycles. The Labute approximate surface area is 97.5 Å². The number of hydrogen-bond donors (Lipinski definition) is 0. The van der Waals surface area contributed by atoms with E-state index in [0.717, 1.165) is 5.56 Å². The molecule has 2 aromatic heterocycles. The lowest BCUT2D eigenvalue weighted by atomic mass is 10.1. The number of pyridine rings is 1. The summed E-state index contributed by atoms with van der Waals surface area (Å²) in [6.45, 7) is 3.57. The van der Waals surface area contributed by atoms with E-state index in [0.29, 0.717) is 23.4 Å². The van der Waals surface area contributed by atoms with Gasteiger partial charge in [0, 0.05) is 0 Å². The summed E-state index contributed by atoms with van der Waals surface area (Å²) in [5, 5.41) is 16.8. The van der Waals surface area contributed by atoms with Gasteiger partial charge in [-0.1, -0.05) is 0 Å². The van der Waals surface area contributed by atoms with Gasteiger partial charge in [-0.2, -0.15) is 10.4 Å². The van der Waals surface area contributed by atoms with Crippen LogP contribution in [0.4, 0.5) is 0 Å². The zero-order chi connectivity index (χ0) is 12.4. The molecule has 0 N–H and O–H groups in total. The third kappa shape index (κ3) is 1.90. The average molecular weight is 227 g/mol. The number of aryl methyl sites for hydroxylation is 2. The highest BCUT2D eigenvalue weighted by atomic mass is 16.1. The highest BCUT2D eigenvalue weighted by Crippen LogP contribution is 2.13. The summed E-state index contributed by atoms with van der Waals surface area (Å²) in [5.74, 6) is 0.493. The molecule has 0 aliphatic rings. The molecule has 17 heavy (non-hydrogen) atoms. The van der Waals surface area contributed by atoms with E-state index in [-0.39, 0.29) is 5.69 Å². The second-order valence-electron chi connectivity index (χ2n) is 3.55. The van der Waals surface area contributed by atoms with Crippen molar-refractivity contribution in [3.8, 4) is 11.9 Å². The minimum Gasteiger partial charge on any atom is -0.296 e. The molecule has 0 amide bonds. The van der Waals surface area contributed by atoms with Gasteiger partial charge >= 0.3 is 0 Å². The number of aldehydes is 1. The minimum absolute atomic E-state index is 0.242. The van der Waals surface area contributed by atoms with Crippen LogP contribution in [0.15, 0.2) is 12.3 Å². The molecule has 0 atom stereocenters. The fraction of sp³-hybridized carbons (Fsp3) is 0.182. The van der Waals surface area contributed by atoms with Crippen molar-refractivity contribution in [3.63, 3.8) is 0 Å². The Morgan fingerprint density at radius 3 is 2.76 bits per heavy atom. The first-order chi connectivity index (χ1) is 8.15. The Bertz CT molecular complexity index is 600. The number of aromatic nitrogens is 4. The number of nitrogens with zero attached hydrogens (tertiary/aromatic N) is 5. The Morgan fingerprint density at radius 1 is 1.47 bits per heavy atom. The first-order valence-electron chi connectivity index (χ1n) is 4.92. The van der Waals surface area contributed by atoms with Gasteiger partial charge in [-0.3, -0.25) is 4.79 Å². The number of rotatable bonds is 2. The van der Waals surface area contributed by atoms with Crippen molar-refractivity contribution in [2.75, 3.05) is 0 Å². The number of carbonyl (C=O) groups excluding carboxylic acids is 1. The van der Waals surface area contributed by atoms with E-state index < -0.39 is 0 Å². The van der Waals surface area contributed by atoms with Crippen molar-refractivity contribution in [2.45, 2.75) is 13.8 Å². The van der Waals surface area contributed by atoms with E-state index >= 15 is 0 Å². The van der Waals surface area contributed by atoms with Crippen molar-refractivity contribution in [1.82, 2.24) is 20.0 Å². The molecular formula is C11H9N5O. The van der Waals surface area contributed by atoms with Gasteiger partial charge in [0.2, 0.25) is 0 Å². The molecule has 2 aromatic rings. The highest BCUT2D eigenvalue weighted by Gasteiger charge is 2.09. The van der Waals surface area contributed by atoms with Crippen LogP contribution in [-0.2, 0) is 0 Å². The van der Waals surface area contributed by atoms with Crippen LogP contribution in [0.5, 0.6) is 0 Å². The smallest absolute Gasteiger partial charge is 0.174 e. The monoisotopic (exact) mass is 227 g/mol. The summed E-state index contributed by atoms with van der Waals surface area (Å²) >= 11 is 0. The molecular weight excluding hydrogens is 218 g/mol. The molecule has 84 valence electrons. The maximum Gasteiger partial charge on any atom is 0.174 e. The highest BCUT2D eigenvalue weighted by molar-refractivity contribution is 5.70. The van der Waals surface area contributed by atoms with Gasteiger partial charge in [0.1, 0.15) is 11.8 Å². The zero-order valence-electron chi connectivity index (χ0n) is 9.38. The van der Waals surface area contributed by atoms with Crippen LogP contribution in [0.25, 0.3) is 5.82 Å². The van der Waals surface area contributed by atoms with Crippen LogP contribution < -0.4 is 0 Å². The molecule has 2 heterocycles. The van der Waals surface area contributed by atoms with Gasteiger partial charge in [0.25, 0.3) is 0 Å². The minimum atomic E-state index is 0.242. The van der Waals surface area contributed by atoms with Crippen LogP contribution in [0, 0.1) is 25.2 Å². The molecule has 0 saturated carbocycles. The Balaban J connectivity index is 2.54. The molecule has 0 aliphatic carbocycles. The topological polar surface area (TPSA) is 84.5 Å². The molecule has 0 bridgehead atoms. The van der Waals surface area contributed by atoms with E-state index in [9.17, 15) is 4.79 Å². The summed E-state index contributed by atoms with van der Waals surface area (Å²) in [5.41, 5.74) is 2.22. The second kappa shape index (κ2) is 4.14. The largest absolute Gasteiger partial charge is 0.296 e. The van der Waals surface area contributed by atoms with Crippen LogP contribution in [0.3, 0.4) is 0 Å². The van der Waals surface area contributed by atoms with E-state index in [4.69, 9.17) is 5.26 Å². The molecule has 2 rings (SSSR count). The third-order valence-corrected chi connectivity index (χ3v) is 2.33. The van der Waals surface area contributed by atoms with Crippen molar-refractivity contribution in [3.05, 3.63) is 34.8 Å². The van der Waals surface area contributed by atoms with Gasteiger partial charge in [0.05, 0.1) is 17.5 Å². The quantitative estimate of drug-likeness (QED) is 0.713. The number of nitriles is 1. The Morgan fingerprint density at radius 2 is 2.24 bits per heavy atom. The molecule has 0 spiro atoms. The lowest BCUT2D eigenvalue weighted by Gasteiger charge is -2.04. The second-order valence-corrected chi connectivity index (χ2v) is 3.55. The van der Waals surface area contributed by atoms with E-state index in [1.807, 2.05) is 6.92 Å². The SMILES string of the molecule is Cc1cc(-n2ncc(C=O)n2)nc(C)c1C#N. The molecule has 0 unspecified atom stereocenters. The summed E-state index contributed by atoms with van der Waals surface area (Å²) in [6.07, 6.45) is 1.98. The lowest BCUT2D eigenvalue weighted by molar-refractivity contribution is 0.111. The maximum atomic E-state index is 10.5. The predicted octanol–water partition coefficient (Wildman–Crippen LogP) is 0.963. The summed E-state index contributed by atoms with van der Waals surface area (Å²) in [4.78, 5) is 16.0. The van der Waals surface area contributed by atoms with Gasteiger partial charge in [-0.25, -0.2) is 4.98 Å². The maximum absolute atomic E-state index is 10.5. The Hall–Kier alpha value is -2.55. The van der Waals surface area contributed by atoms with Crippen LogP contribution >= 0.6 is 0 Å². The van der Waals surface area contributed by atoms with E-state index in [2.05, 4.69) is 21.3 Å². The van der Waals surface area contributed by atoms with Crippen molar-refractivity contribution >= 4 is 6.29 Å². The fourth-order valence-electron chi connectivity index (χ4n) is 1.52. The van der Waals surface area contributed by atoms with Crippen LogP contribution in [0.1, 0.15) is 27.3 Å². The summed E-state index contributed by atoms with van der Waals surface area (Å²) < 4.78 is 0. The van der Waals surface area contributed by atoms with Crippen molar-refractivity contribution in [1.29, 1.82) is 5.26 Å². The zero-order valence-corrected chi connectivity index (χ0v) is 9.38. The Kier molecular flexibility index (Phi) is 2.66. The normalized spacial score (nSPS) is 9.94. The van der Waals surface area contributed by atoms with Crippen LogP contribution in [0.2, 0.25) is 0 Å². The van der Waals surface area contributed by atoms with Gasteiger partial charge < -0.3 is 0 Å². The number of hydrogen-bond acceptors (Lipinski definition) is 5. The van der Waals surface area contributed by atoms with Crippen molar-refractivity contribution in [2.24, 2.45) is 0 Å². The average Bonchev–Trinajstić information content (AvgIpc) is 2.77. The molecule has 0 fully saturated rings. The molecule has 0 aromatic carbocycles. The predicted molar refractivity (Wildman–Crippen MR) is 58.7 cm³/mol.